The lowest BCUT2D eigenvalue weighted by Crippen LogP contribution is -1.94. The van der Waals surface area contributed by atoms with E-state index in [9.17, 15) is 0 Å². The number of anilines is 1. The number of aryl methyl sites for hydroxylation is 1. The third kappa shape index (κ3) is 2.65. The van der Waals surface area contributed by atoms with E-state index in [1.54, 1.807) is 7.11 Å². The molecule has 1 aromatic carbocycles. The van der Waals surface area contributed by atoms with Crippen LogP contribution in [0.3, 0.4) is 0 Å². The van der Waals surface area contributed by atoms with Crippen molar-refractivity contribution < 1.29 is 4.74 Å². The molecule has 0 saturated carbocycles. The van der Waals surface area contributed by atoms with Gasteiger partial charge >= 0.3 is 0 Å². The highest BCUT2D eigenvalue weighted by Gasteiger charge is 2.01. The number of hydrogen-bond donors (Lipinski definition) is 1. The standard InChI is InChI=1S/C11H17NO/c1-3-4-5-9-6-7-10(12)8-11(9)13-2/h6-8H,3-5,12H2,1-2H3. The fraction of sp³-hybridized carbons (Fsp3) is 0.455. The van der Waals surface area contributed by atoms with Crippen LogP contribution in [0.4, 0.5) is 5.69 Å². The van der Waals surface area contributed by atoms with Gasteiger partial charge in [0.25, 0.3) is 0 Å². The van der Waals surface area contributed by atoms with Crippen LogP contribution >= 0.6 is 0 Å². The van der Waals surface area contributed by atoms with Crippen molar-refractivity contribution in [2.24, 2.45) is 0 Å². The highest BCUT2D eigenvalue weighted by atomic mass is 16.5. The first kappa shape index (κ1) is 9.90. The second-order valence-electron chi connectivity index (χ2n) is 3.17. The maximum atomic E-state index is 5.65. The Morgan fingerprint density at radius 2 is 2.15 bits per heavy atom. The van der Waals surface area contributed by atoms with Crippen molar-refractivity contribution in [1.82, 2.24) is 0 Å². The third-order valence-corrected chi connectivity index (χ3v) is 2.11. The van der Waals surface area contributed by atoms with E-state index in [-0.39, 0.29) is 0 Å². The van der Waals surface area contributed by atoms with Gasteiger partial charge in [-0.15, -0.1) is 0 Å². The van der Waals surface area contributed by atoms with E-state index in [0.29, 0.717) is 0 Å². The molecule has 1 aromatic rings. The topological polar surface area (TPSA) is 35.2 Å². The Hall–Kier alpha value is -1.18. The fourth-order valence-corrected chi connectivity index (χ4v) is 1.33. The van der Waals surface area contributed by atoms with Crippen molar-refractivity contribution in [2.45, 2.75) is 26.2 Å². The lowest BCUT2D eigenvalue weighted by molar-refractivity contribution is 0.409. The molecule has 2 heteroatoms. The highest BCUT2D eigenvalue weighted by Crippen LogP contribution is 2.22. The van der Waals surface area contributed by atoms with E-state index in [1.165, 1.54) is 18.4 Å². The minimum absolute atomic E-state index is 0.761. The molecule has 13 heavy (non-hydrogen) atoms. The monoisotopic (exact) mass is 179 g/mol. The molecule has 0 aliphatic heterocycles. The van der Waals surface area contributed by atoms with Crippen molar-refractivity contribution in [1.29, 1.82) is 0 Å². The number of nitrogen functional groups attached to an aromatic ring is 1. The van der Waals surface area contributed by atoms with Crippen molar-refractivity contribution >= 4 is 5.69 Å². The number of rotatable bonds is 4. The lowest BCUT2D eigenvalue weighted by atomic mass is 10.1. The van der Waals surface area contributed by atoms with Gasteiger partial charge in [-0.1, -0.05) is 19.4 Å². The number of ether oxygens (including phenoxy) is 1. The number of methoxy groups -OCH3 is 1. The predicted molar refractivity (Wildman–Crippen MR) is 56.0 cm³/mol. The summed E-state index contributed by atoms with van der Waals surface area (Å²) in [6.45, 7) is 2.18. The third-order valence-electron chi connectivity index (χ3n) is 2.11. The van der Waals surface area contributed by atoms with Crippen molar-refractivity contribution in [3.05, 3.63) is 23.8 Å². The number of benzene rings is 1. The SMILES string of the molecule is CCCCc1ccc(N)cc1OC. The Morgan fingerprint density at radius 3 is 2.77 bits per heavy atom. The summed E-state index contributed by atoms with van der Waals surface area (Å²) in [6.07, 6.45) is 3.47. The Labute approximate surface area is 79.7 Å². The highest BCUT2D eigenvalue weighted by molar-refractivity contribution is 5.48. The molecular weight excluding hydrogens is 162 g/mol. The first-order chi connectivity index (χ1) is 6.27. The molecule has 72 valence electrons. The molecule has 0 fully saturated rings. The zero-order chi connectivity index (χ0) is 9.68. The number of nitrogens with two attached hydrogens (primary N) is 1. The summed E-state index contributed by atoms with van der Waals surface area (Å²) in [5, 5.41) is 0. The summed E-state index contributed by atoms with van der Waals surface area (Å²) in [4.78, 5) is 0. The van der Waals surface area contributed by atoms with E-state index in [1.807, 2.05) is 18.2 Å². The Balaban J connectivity index is 2.79. The van der Waals surface area contributed by atoms with Crippen LogP contribution in [0, 0.1) is 0 Å². The minimum atomic E-state index is 0.761. The first-order valence-electron chi connectivity index (χ1n) is 4.70. The van der Waals surface area contributed by atoms with Crippen LogP contribution in [0.5, 0.6) is 5.75 Å². The maximum absolute atomic E-state index is 5.65. The van der Waals surface area contributed by atoms with Gasteiger partial charge in [-0.2, -0.15) is 0 Å². The second-order valence-corrected chi connectivity index (χ2v) is 3.17. The molecule has 0 aliphatic carbocycles. The summed E-state index contributed by atoms with van der Waals surface area (Å²) >= 11 is 0. The van der Waals surface area contributed by atoms with Crippen molar-refractivity contribution in [3.63, 3.8) is 0 Å². The average Bonchev–Trinajstić information content (AvgIpc) is 2.16. The van der Waals surface area contributed by atoms with E-state index < -0.39 is 0 Å². The molecular formula is C11H17NO. The molecule has 2 nitrogen and oxygen atoms in total. The van der Waals surface area contributed by atoms with E-state index >= 15 is 0 Å². The number of unbranched alkanes of at least 4 members (excludes halogenated alkanes) is 1. The summed E-state index contributed by atoms with van der Waals surface area (Å²) in [6, 6.07) is 5.85. The zero-order valence-corrected chi connectivity index (χ0v) is 8.34. The lowest BCUT2D eigenvalue weighted by Gasteiger charge is -2.08. The van der Waals surface area contributed by atoms with E-state index in [2.05, 4.69) is 6.92 Å². The van der Waals surface area contributed by atoms with Crippen LogP contribution in [0.15, 0.2) is 18.2 Å². The van der Waals surface area contributed by atoms with Gasteiger partial charge in [0.1, 0.15) is 5.75 Å². The largest absolute Gasteiger partial charge is 0.496 e. The molecule has 0 radical (unpaired) electrons. The van der Waals surface area contributed by atoms with Crippen molar-refractivity contribution in [2.75, 3.05) is 12.8 Å². The van der Waals surface area contributed by atoms with E-state index in [0.717, 1.165) is 17.9 Å². The second kappa shape index (κ2) is 4.75. The summed E-state index contributed by atoms with van der Waals surface area (Å²) in [7, 11) is 1.68. The average molecular weight is 179 g/mol. The molecule has 0 aliphatic rings. The van der Waals surface area contributed by atoms with Crippen LogP contribution in [-0.2, 0) is 6.42 Å². The van der Waals surface area contributed by atoms with Gasteiger partial charge in [0.05, 0.1) is 7.11 Å². The molecule has 0 unspecified atom stereocenters. The van der Waals surface area contributed by atoms with Crippen LogP contribution in [0.2, 0.25) is 0 Å². The maximum Gasteiger partial charge on any atom is 0.124 e. The van der Waals surface area contributed by atoms with Crippen LogP contribution in [0.25, 0.3) is 0 Å². The molecule has 0 spiro atoms. The molecule has 0 saturated heterocycles. The van der Waals surface area contributed by atoms with Gasteiger partial charge in [0, 0.05) is 11.8 Å². The van der Waals surface area contributed by atoms with Gasteiger partial charge in [-0.25, -0.2) is 0 Å². The van der Waals surface area contributed by atoms with Crippen molar-refractivity contribution in [3.8, 4) is 5.75 Å². The summed E-state index contributed by atoms with van der Waals surface area (Å²) in [5.41, 5.74) is 7.66. The van der Waals surface area contributed by atoms with E-state index in [4.69, 9.17) is 10.5 Å². The number of hydrogen-bond acceptors (Lipinski definition) is 2. The molecule has 0 amide bonds. The quantitative estimate of drug-likeness (QED) is 0.721. The summed E-state index contributed by atoms with van der Waals surface area (Å²) < 4.78 is 5.24. The predicted octanol–water partition coefficient (Wildman–Crippen LogP) is 2.62. The molecule has 0 atom stereocenters. The van der Waals surface area contributed by atoms with Gasteiger partial charge in [-0.3, -0.25) is 0 Å². The smallest absolute Gasteiger partial charge is 0.124 e. The van der Waals surface area contributed by atoms with Gasteiger partial charge in [-0.05, 0) is 24.5 Å². The first-order valence-corrected chi connectivity index (χ1v) is 4.70. The Morgan fingerprint density at radius 1 is 1.38 bits per heavy atom. The minimum Gasteiger partial charge on any atom is -0.496 e. The van der Waals surface area contributed by atoms with Crippen LogP contribution < -0.4 is 10.5 Å². The Bertz CT molecular complexity index is 271. The molecule has 2 N–H and O–H groups in total. The fourth-order valence-electron chi connectivity index (χ4n) is 1.33. The molecule has 0 bridgehead atoms. The van der Waals surface area contributed by atoms with Gasteiger partial charge in [0.2, 0.25) is 0 Å². The van der Waals surface area contributed by atoms with Gasteiger partial charge < -0.3 is 10.5 Å². The molecule has 0 aromatic heterocycles. The summed E-state index contributed by atoms with van der Waals surface area (Å²) in [5.74, 6) is 0.911. The normalized spacial score (nSPS) is 10.0. The molecule has 1 rings (SSSR count). The van der Waals surface area contributed by atoms with Gasteiger partial charge in [0.15, 0.2) is 0 Å². The zero-order valence-electron chi connectivity index (χ0n) is 8.34. The van der Waals surface area contributed by atoms with Crippen LogP contribution in [0.1, 0.15) is 25.3 Å². The van der Waals surface area contributed by atoms with Crippen LogP contribution in [-0.4, -0.2) is 7.11 Å². The molecule has 0 heterocycles. The Kier molecular flexibility index (Phi) is 3.62.